The Bertz CT molecular complexity index is 826. The van der Waals surface area contributed by atoms with Crippen molar-refractivity contribution in [1.82, 2.24) is 9.97 Å². The monoisotopic (exact) mass is 337 g/mol. The number of hydrogen-bond donors (Lipinski definition) is 2. The molecule has 120 valence electrons. The number of anilines is 1. The summed E-state index contributed by atoms with van der Waals surface area (Å²) in [5, 5.41) is 12.4. The van der Waals surface area contributed by atoms with Crippen LogP contribution < -0.4 is 5.32 Å². The Balaban J connectivity index is 1.94. The fourth-order valence-corrected chi connectivity index (χ4v) is 2.90. The van der Waals surface area contributed by atoms with Crippen LogP contribution in [-0.2, 0) is 4.79 Å². The van der Waals surface area contributed by atoms with Crippen LogP contribution in [-0.4, -0.2) is 27.6 Å². The van der Waals surface area contributed by atoms with Gasteiger partial charge in [-0.3, -0.25) is 4.79 Å². The molecule has 1 aromatic heterocycles. The van der Waals surface area contributed by atoms with E-state index in [1.54, 1.807) is 6.07 Å². The van der Waals surface area contributed by atoms with Crippen molar-refractivity contribution < 1.29 is 9.90 Å². The Morgan fingerprint density at radius 2 is 1.67 bits per heavy atom. The zero-order valence-corrected chi connectivity index (χ0v) is 13.5. The molecule has 0 saturated heterocycles. The van der Waals surface area contributed by atoms with Gasteiger partial charge in [-0.15, -0.1) is 0 Å². The Labute approximate surface area is 143 Å². The molecule has 0 saturated carbocycles. The van der Waals surface area contributed by atoms with Crippen LogP contribution in [0.2, 0.25) is 0 Å². The molecule has 3 rings (SSSR count). The van der Waals surface area contributed by atoms with Gasteiger partial charge < -0.3 is 10.4 Å². The molecule has 6 heteroatoms. The highest BCUT2D eigenvalue weighted by Gasteiger charge is 2.09. The fourth-order valence-electron chi connectivity index (χ4n) is 2.06. The molecule has 3 aromatic rings. The lowest BCUT2D eigenvalue weighted by Gasteiger charge is -2.09. The van der Waals surface area contributed by atoms with E-state index < -0.39 is 5.97 Å². The van der Waals surface area contributed by atoms with E-state index in [4.69, 9.17) is 5.11 Å². The maximum atomic E-state index is 10.8. The molecule has 2 N–H and O–H groups in total. The molecule has 2 aromatic carbocycles. The van der Waals surface area contributed by atoms with Gasteiger partial charge in [-0.05, 0) is 12.1 Å². The first-order chi connectivity index (χ1) is 11.7. The van der Waals surface area contributed by atoms with Crippen molar-refractivity contribution in [2.75, 3.05) is 11.9 Å². The number of benzene rings is 2. The molecule has 0 aliphatic carbocycles. The third-order valence-electron chi connectivity index (χ3n) is 3.12. The van der Waals surface area contributed by atoms with Crippen molar-refractivity contribution in [3.8, 4) is 11.4 Å². The van der Waals surface area contributed by atoms with Crippen LogP contribution in [0.3, 0.4) is 0 Å². The van der Waals surface area contributed by atoms with Gasteiger partial charge in [0.15, 0.2) is 5.82 Å². The number of carbonyl (C=O) groups is 1. The molecule has 0 fully saturated rings. The highest BCUT2D eigenvalue weighted by Crippen LogP contribution is 2.29. The summed E-state index contributed by atoms with van der Waals surface area (Å²) in [7, 11) is 0. The molecule has 0 unspecified atom stereocenters. The van der Waals surface area contributed by atoms with Gasteiger partial charge in [0.2, 0.25) is 0 Å². The summed E-state index contributed by atoms with van der Waals surface area (Å²) >= 11 is 1.51. The number of aromatic nitrogens is 2. The van der Waals surface area contributed by atoms with E-state index in [0.717, 1.165) is 15.5 Å². The largest absolute Gasteiger partial charge is 0.480 e. The quantitative estimate of drug-likeness (QED) is 0.667. The minimum absolute atomic E-state index is 0.194. The number of aliphatic carboxylic acids is 1. The number of carboxylic acids is 1. The van der Waals surface area contributed by atoms with Crippen molar-refractivity contribution in [2.24, 2.45) is 0 Å². The first-order valence-corrected chi connectivity index (χ1v) is 8.15. The summed E-state index contributed by atoms with van der Waals surface area (Å²) in [5.74, 6) is 0.112. The molecular weight excluding hydrogens is 322 g/mol. The average molecular weight is 337 g/mol. The number of nitrogens with one attached hydrogen (secondary N) is 1. The van der Waals surface area contributed by atoms with Crippen LogP contribution in [0.15, 0.2) is 76.7 Å². The lowest BCUT2D eigenvalue weighted by Crippen LogP contribution is -2.13. The van der Waals surface area contributed by atoms with Gasteiger partial charge in [0.25, 0.3) is 0 Å². The van der Waals surface area contributed by atoms with Crippen LogP contribution in [0.4, 0.5) is 5.82 Å². The van der Waals surface area contributed by atoms with Crippen LogP contribution in [0.25, 0.3) is 11.4 Å². The van der Waals surface area contributed by atoms with Crippen molar-refractivity contribution in [3.05, 3.63) is 66.7 Å². The zero-order valence-electron chi connectivity index (χ0n) is 12.7. The highest BCUT2D eigenvalue weighted by molar-refractivity contribution is 7.99. The van der Waals surface area contributed by atoms with E-state index in [1.165, 1.54) is 11.8 Å². The van der Waals surface area contributed by atoms with E-state index in [0.29, 0.717) is 11.6 Å². The first kappa shape index (κ1) is 16.0. The summed E-state index contributed by atoms with van der Waals surface area (Å²) < 4.78 is 0. The number of nitrogens with zero attached hydrogens (tertiary/aromatic N) is 2. The van der Waals surface area contributed by atoms with Crippen LogP contribution in [0.5, 0.6) is 0 Å². The molecule has 0 spiro atoms. The maximum Gasteiger partial charge on any atom is 0.322 e. The summed E-state index contributed by atoms with van der Waals surface area (Å²) in [6.45, 7) is -0.194. The molecule has 0 atom stereocenters. The highest BCUT2D eigenvalue weighted by atomic mass is 32.2. The second-order valence-corrected chi connectivity index (χ2v) is 6.04. The molecule has 0 aliphatic heterocycles. The molecule has 0 amide bonds. The number of hydrogen-bond acceptors (Lipinski definition) is 5. The maximum absolute atomic E-state index is 10.8. The van der Waals surface area contributed by atoms with E-state index in [1.807, 2.05) is 60.7 Å². The lowest BCUT2D eigenvalue weighted by atomic mass is 10.2. The Kier molecular flexibility index (Phi) is 5.08. The smallest absolute Gasteiger partial charge is 0.322 e. The second kappa shape index (κ2) is 7.61. The SMILES string of the molecule is O=C(O)CNc1cc(Sc2ccccc2)nc(-c2ccccc2)n1. The van der Waals surface area contributed by atoms with Gasteiger partial charge in [-0.2, -0.15) is 0 Å². The van der Waals surface area contributed by atoms with Gasteiger partial charge in [-0.1, -0.05) is 60.3 Å². The summed E-state index contributed by atoms with van der Waals surface area (Å²) in [4.78, 5) is 20.9. The number of rotatable bonds is 6. The van der Waals surface area contributed by atoms with Gasteiger partial charge in [0.05, 0.1) is 0 Å². The predicted molar refractivity (Wildman–Crippen MR) is 94.2 cm³/mol. The van der Waals surface area contributed by atoms with Crippen LogP contribution >= 0.6 is 11.8 Å². The third-order valence-corrected chi connectivity index (χ3v) is 4.05. The number of carboxylic acid groups (broad SMARTS) is 1. The van der Waals surface area contributed by atoms with Crippen molar-refractivity contribution in [2.45, 2.75) is 9.92 Å². The summed E-state index contributed by atoms with van der Waals surface area (Å²) in [6.07, 6.45) is 0. The minimum atomic E-state index is -0.938. The molecule has 0 radical (unpaired) electrons. The van der Waals surface area contributed by atoms with Gasteiger partial charge in [0.1, 0.15) is 17.4 Å². The van der Waals surface area contributed by atoms with Crippen molar-refractivity contribution in [3.63, 3.8) is 0 Å². The van der Waals surface area contributed by atoms with Gasteiger partial charge in [-0.25, -0.2) is 9.97 Å². The van der Waals surface area contributed by atoms with Crippen LogP contribution in [0, 0.1) is 0 Å². The van der Waals surface area contributed by atoms with Gasteiger partial charge >= 0.3 is 5.97 Å². The topological polar surface area (TPSA) is 75.1 Å². The van der Waals surface area contributed by atoms with Gasteiger partial charge in [0, 0.05) is 16.5 Å². The lowest BCUT2D eigenvalue weighted by molar-refractivity contribution is -0.134. The van der Waals surface area contributed by atoms with Crippen LogP contribution in [0.1, 0.15) is 0 Å². The summed E-state index contributed by atoms with van der Waals surface area (Å²) in [5.41, 5.74) is 0.881. The molecule has 0 aliphatic rings. The van der Waals surface area contributed by atoms with E-state index in [9.17, 15) is 4.79 Å². The Morgan fingerprint density at radius 3 is 2.33 bits per heavy atom. The molecular formula is C18H15N3O2S. The molecule has 0 bridgehead atoms. The average Bonchev–Trinajstić information content (AvgIpc) is 2.61. The van der Waals surface area contributed by atoms with E-state index >= 15 is 0 Å². The van der Waals surface area contributed by atoms with Crippen molar-refractivity contribution in [1.29, 1.82) is 0 Å². The standard InChI is InChI=1S/C18H15N3O2S/c22-17(23)12-19-15-11-16(24-14-9-5-2-6-10-14)21-18(20-15)13-7-3-1-4-8-13/h1-11H,12H2,(H,22,23)(H,19,20,21). The molecule has 1 heterocycles. The second-order valence-electron chi connectivity index (χ2n) is 4.94. The molecule has 24 heavy (non-hydrogen) atoms. The van der Waals surface area contributed by atoms with E-state index in [-0.39, 0.29) is 6.54 Å². The Hall–Kier alpha value is -2.86. The Morgan fingerprint density at radius 1 is 1.00 bits per heavy atom. The predicted octanol–water partition coefficient (Wildman–Crippen LogP) is 3.79. The minimum Gasteiger partial charge on any atom is -0.480 e. The third kappa shape index (κ3) is 4.33. The summed E-state index contributed by atoms with van der Waals surface area (Å²) in [6, 6.07) is 21.2. The molecule has 5 nitrogen and oxygen atoms in total. The van der Waals surface area contributed by atoms with E-state index in [2.05, 4.69) is 15.3 Å². The fraction of sp³-hybridized carbons (Fsp3) is 0.0556. The normalized spacial score (nSPS) is 10.3. The zero-order chi connectivity index (χ0) is 16.8. The van der Waals surface area contributed by atoms with Crippen molar-refractivity contribution >= 4 is 23.5 Å². The first-order valence-electron chi connectivity index (χ1n) is 7.34.